The van der Waals surface area contributed by atoms with Crippen molar-refractivity contribution < 1.29 is 19.4 Å². The summed E-state index contributed by atoms with van der Waals surface area (Å²) in [5.74, 6) is -0.691. The summed E-state index contributed by atoms with van der Waals surface area (Å²) >= 11 is 6.18. The number of hydrogen-bond donors (Lipinski definition) is 1. The predicted molar refractivity (Wildman–Crippen MR) is 103 cm³/mol. The molecule has 25 heavy (non-hydrogen) atoms. The highest BCUT2D eigenvalue weighted by Crippen LogP contribution is 2.32. The normalized spacial score (nSPS) is 16.1. The predicted octanol–water partition coefficient (Wildman–Crippen LogP) is 2.30. The van der Waals surface area contributed by atoms with E-state index in [9.17, 15) is 9.59 Å². The molecule has 0 atom stereocenters. The zero-order valence-corrected chi connectivity index (χ0v) is 15.7. The van der Waals surface area contributed by atoms with Crippen LogP contribution in [0, 0.1) is 0 Å². The summed E-state index contributed by atoms with van der Waals surface area (Å²) in [5, 5.41) is 8.84. The average Bonchev–Trinajstić information content (AvgIpc) is 2.80. The molecule has 1 saturated heterocycles. The van der Waals surface area contributed by atoms with Crippen LogP contribution in [0.5, 0.6) is 5.75 Å². The van der Waals surface area contributed by atoms with Gasteiger partial charge in [0.2, 0.25) is 0 Å². The Balaban J connectivity index is 1.96. The van der Waals surface area contributed by atoms with Crippen molar-refractivity contribution in [1.29, 1.82) is 0 Å². The summed E-state index contributed by atoms with van der Waals surface area (Å²) in [7, 11) is 4.04. The Hall–Kier alpha value is -1.90. The lowest BCUT2D eigenvalue weighted by Crippen LogP contribution is -2.33. The molecule has 0 aromatic heterocycles. The molecular formula is C17H20N2O4S2. The molecule has 8 heteroatoms. The first kappa shape index (κ1) is 19.4. The Morgan fingerprint density at radius 1 is 1.36 bits per heavy atom. The Bertz CT molecular complexity index is 686. The molecule has 0 spiro atoms. The van der Waals surface area contributed by atoms with E-state index < -0.39 is 12.5 Å². The fraction of sp³-hybridized carbons (Fsp3) is 0.353. The number of benzene rings is 1. The van der Waals surface area contributed by atoms with E-state index in [1.54, 1.807) is 6.08 Å². The maximum atomic E-state index is 12.2. The van der Waals surface area contributed by atoms with Gasteiger partial charge in [-0.2, -0.15) is 0 Å². The highest BCUT2D eigenvalue weighted by atomic mass is 32.2. The number of hydrogen-bond acceptors (Lipinski definition) is 6. The Kier molecular flexibility index (Phi) is 6.98. The van der Waals surface area contributed by atoms with E-state index >= 15 is 0 Å². The molecule has 2 rings (SSSR count). The van der Waals surface area contributed by atoms with Crippen LogP contribution in [-0.4, -0.2) is 64.9 Å². The van der Waals surface area contributed by atoms with Crippen molar-refractivity contribution >= 4 is 46.3 Å². The SMILES string of the molecule is CN(C)CCCOc1ccc(/C=C2\SC(=S)N(CC(=O)O)C2=O)cc1. The van der Waals surface area contributed by atoms with Crippen molar-refractivity contribution in [2.45, 2.75) is 6.42 Å². The topological polar surface area (TPSA) is 70.1 Å². The summed E-state index contributed by atoms with van der Waals surface area (Å²) in [6.07, 6.45) is 2.65. The standard InChI is InChI=1S/C17H20N2O4S2/c1-18(2)8-3-9-23-13-6-4-12(5-7-13)10-14-16(22)19(11-15(20)21)17(24)25-14/h4-7,10H,3,8-9,11H2,1-2H3,(H,20,21)/b14-10-. The Morgan fingerprint density at radius 2 is 2.04 bits per heavy atom. The number of carboxylic acid groups (broad SMARTS) is 1. The van der Waals surface area contributed by atoms with Crippen molar-refractivity contribution in [1.82, 2.24) is 9.80 Å². The minimum atomic E-state index is -1.09. The van der Waals surface area contributed by atoms with Gasteiger partial charge >= 0.3 is 5.97 Å². The molecule has 1 N–H and O–H groups in total. The van der Waals surface area contributed by atoms with Gasteiger partial charge in [0.05, 0.1) is 11.5 Å². The van der Waals surface area contributed by atoms with E-state index in [-0.39, 0.29) is 10.2 Å². The van der Waals surface area contributed by atoms with Crippen LogP contribution >= 0.6 is 24.0 Å². The number of thiocarbonyl (C=S) groups is 1. The zero-order valence-electron chi connectivity index (χ0n) is 14.1. The summed E-state index contributed by atoms with van der Waals surface area (Å²) in [6.45, 7) is 1.20. The monoisotopic (exact) mass is 380 g/mol. The molecule has 0 unspecified atom stereocenters. The van der Waals surface area contributed by atoms with Crippen molar-refractivity contribution in [3.8, 4) is 5.75 Å². The van der Waals surface area contributed by atoms with E-state index in [4.69, 9.17) is 22.1 Å². The molecular weight excluding hydrogens is 360 g/mol. The van der Waals surface area contributed by atoms with Gasteiger partial charge in [-0.25, -0.2) is 0 Å². The number of amides is 1. The fourth-order valence-electron chi connectivity index (χ4n) is 2.15. The number of aliphatic carboxylic acids is 1. The first-order valence-electron chi connectivity index (χ1n) is 7.71. The number of rotatable bonds is 8. The average molecular weight is 380 g/mol. The van der Waals surface area contributed by atoms with Gasteiger partial charge in [-0.05, 0) is 44.3 Å². The van der Waals surface area contributed by atoms with Crippen molar-refractivity contribution in [2.24, 2.45) is 0 Å². The smallest absolute Gasteiger partial charge is 0.323 e. The van der Waals surface area contributed by atoms with Crippen LogP contribution in [0.3, 0.4) is 0 Å². The van der Waals surface area contributed by atoms with E-state index in [0.29, 0.717) is 11.5 Å². The minimum absolute atomic E-state index is 0.263. The van der Waals surface area contributed by atoms with Gasteiger partial charge in [-0.15, -0.1) is 0 Å². The van der Waals surface area contributed by atoms with E-state index in [2.05, 4.69) is 4.90 Å². The molecule has 1 aliphatic rings. The summed E-state index contributed by atoms with van der Waals surface area (Å²) in [4.78, 5) is 26.6. The first-order chi connectivity index (χ1) is 11.9. The number of carbonyl (C=O) groups excluding carboxylic acids is 1. The quantitative estimate of drug-likeness (QED) is 0.422. The molecule has 1 aromatic carbocycles. The molecule has 0 radical (unpaired) electrons. The second kappa shape index (κ2) is 8.98. The molecule has 0 aliphatic carbocycles. The molecule has 1 aromatic rings. The maximum Gasteiger partial charge on any atom is 0.323 e. The minimum Gasteiger partial charge on any atom is -0.494 e. The highest BCUT2D eigenvalue weighted by Gasteiger charge is 2.33. The molecule has 134 valence electrons. The number of nitrogens with zero attached hydrogens (tertiary/aromatic N) is 2. The number of carbonyl (C=O) groups is 2. The highest BCUT2D eigenvalue weighted by molar-refractivity contribution is 8.26. The molecule has 0 bridgehead atoms. The molecule has 1 heterocycles. The molecule has 1 aliphatic heterocycles. The number of ether oxygens (including phenoxy) is 1. The van der Waals surface area contributed by atoms with Crippen molar-refractivity contribution in [2.75, 3.05) is 33.8 Å². The lowest BCUT2D eigenvalue weighted by molar-refractivity contribution is -0.140. The summed E-state index contributed by atoms with van der Waals surface area (Å²) in [5.41, 5.74) is 0.830. The second-order valence-corrected chi connectivity index (χ2v) is 7.41. The van der Waals surface area contributed by atoms with Crippen molar-refractivity contribution in [3.05, 3.63) is 34.7 Å². The van der Waals surface area contributed by atoms with Crippen LogP contribution in [0.25, 0.3) is 6.08 Å². The lowest BCUT2D eigenvalue weighted by atomic mass is 10.2. The van der Waals surface area contributed by atoms with E-state index in [0.717, 1.165) is 40.9 Å². The Labute approximate surface area is 156 Å². The van der Waals surface area contributed by atoms with Crippen LogP contribution < -0.4 is 4.74 Å². The van der Waals surface area contributed by atoms with Gasteiger partial charge in [0, 0.05) is 6.54 Å². The number of thioether (sulfide) groups is 1. The fourth-order valence-corrected chi connectivity index (χ4v) is 3.41. The second-order valence-electron chi connectivity index (χ2n) is 5.74. The lowest BCUT2D eigenvalue weighted by Gasteiger charge is -2.10. The van der Waals surface area contributed by atoms with Crippen LogP contribution in [-0.2, 0) is 9.59 Å². The Morgan fingerprint density at radius 3 is 2.64 bits per heavy atom. The van der Waals surface area contributed by atoms with Gasteiger partial charge in [-0.1, -0.05) is 36.1 Å². The van der Waals surface area contributed by atoms with E-state index in [1.807, 2.05) is 38.4 Å². The van der Waals surface area contributed by atoms with Gasteiger partial charge in [0.25, 0.3) is 5.91 Å². The largest absolute Gasteiger partial charge is 0.494 e. The zero-order chi connectivity index (χ0) is 18.4. The van der Waals surface area contributed by atoms with Gasteiger partial charge in [-0.3, -0.25) is 14.5 Å². The van der Waals surface area contributed by atoms with Gasteiger partial charge in [0.1, 0.15) is 16.6 Å². The third kappa shape index (κ3) is 5.84. The molecule has 1 fully saturated rings. The van der Waals surface area contributed by atoms with Crippen LogP contribution in [0.2, 0.25) is 0 Å². The van der Waals surface area contributed by atoms with Crippen LogP contribution in [0.15, 0.2) is 29.2 Å². The molecule has 6 nitrogen and oxygen atoms in total. The number of carboxylic acids is 1. The van der Waals surface area contributed by atoms with Gasteiger partial charge in [0.15, 0.2) is 0 Å². The third-order valence-electron chi connectivity index (χ3n) is 3.36. The first-order valence-corrected chi connectivity index (χ1v) is 8.94. The van der Waals surface area contributed by atoms with Gasteiger partial charge < -0.3 is 14.7 Å². The van der Waals surface area contributed by atoms with Crippen LogP contribution in [0.4, 0.5) is 0 Å². The maximum absolute atomic E-state index is 12.2. The van der Waals surface area contributed by atoms with Crippen LogP contribution in [0.1, 0.15) is 12.0 Å². The summed E-state index contributed by atoms with van der Waals surface area (Å²) < 4.78 is 5.93. The summed E-state index contributed by atoms with van der Waals surface area (Å²) in [6, 6.07) is 7.40. The van der Waals surface area contributed by atoms with Crippen molar-refractivity contribution in [3.63, 3.8) is 0 Å². The third-order valence-corrected chi connectivity index (χ3v) is 4.74. The molecule has 0 saturated carbocycles. The molecule has 1 amide bonds. The van der Waals surface area contributed by atoms with E-state index in [1.165, 1.54) is 0 Å².